The van der Waals surface area contributed by atoms with Crippen LogP contribution in [-0.4, -0.2) is 36.1 Å². The number of nitrogens with zero attached hydrogens (tertiary/aromatic N) is 1. The van der Waals surface area contributed by atoms with Crippen LogP contribution in [0.1, 0.15) is 46.0 Å². The van der Waals surface area contributed by atoms with Crippen molar-refractivity contribution in [1.82, 2.24) is 10.2 Å². The van der Waals surface area contributed by atoms with Crippen LogP contribution in [-0.2, 0) is 0 Å². The summed E-state index contributed by atoms with van der Waals surface area (Å²) in [6.45, 7) is 7.17. The molecule has 2 nitrogen and oxygen atoms in total. The zero-order valence-corrected chi connectivity index (χ0v) is 9.63. The van der Waals surface area contributed by atoms with E-state index in [1.807, 2.05) is 0 Å². The molecule has 14 heavy (non-hydrogen) atoms. The summed E-state index contributed by atoms with van der Waals surface area (Å²) in [5, 5.41) is 3.46. The van der Waals surface area contributed by atoms with Gasteiger partial charge in [-0.2, -0.15) is 0 Å². The normalized spacial score (nSPS) is 25.7. The van der Waals surface area contributed by atoms with Crippen molar-refractivity contribution >= 4 is 0 Å². The summed E-state index contributed by atoms with van der Waals surface area (Å²) < 4.78 is 0. The van der Waals surface area contributed by atoms with Crippen molar-refractivity contribution in [2.45, 2.75) is 64.1 Å². The van der Waals surface area contributed by atoms with Crippen molar-refractivity contribution in [2.75, 3.05) is 13.1 Å². The molecular weight excluding hydrogens is 172 g/mol. The van der Waals surface area contributed by atoms with Crippen LogP contribution in [0.3, 0.4) is 0 Å². The van der Waals surface area contributed by atoms with Gasteiger partial charge in [-0.3, -0.25) is 4.90 Å². The van der Waals surface area contributed by atoms with Crippen molar-refractivity contribution in [3.8, 4) is 0 Å². The maximum Gasteiger partial charge on any atom is 0.0125 e. The molecule has 2 aliphatic rings. The fourth-order valence-electron chi connectivity index (χ4n) is 2.93. The molecule has 0 bridgehead atoms. The first kappa shape index (κ1) is 10.4. The van der Waals surface area contributed by atoms with Gasteiger partial charge in [-0.25, -0.2) is 0 Å². The summed E-state index contributed by atoms with van der Waals surface area (Å²) in [5.41, 5.74) is 0. The number of rotatable bonds is 3. The van der Waals surface area contributed by atoms with Gasteiger partial charge in [0.1, 0.15) is 0 Å². The fraction of sp³-hybridized carbons (Fsp3) is 1.00. The van der Waals surface area contributed by atoms with Gasteiger partial charge in [0.2, 0.25) is 0 Å². The van der Waals surface area contributed by atoms with E-state index in [0.717, 1.165) is 18.1 Å². The minimum atomic E-state index is 0.739. The third-order valence-electron chi connectivity index (χ3n) is 3.82. The molecule has 1 aliphatic carbocycles. The highest BCUT2D eigenvalue weighted by atomic mass is 15.2. The van der Waals surface area contributed by atoms with E-state index < -0.39 is 0 Å². The lowest BCUT2D eigenvalue weighted by Gasteiger charge is -2.46. The summed E-state index contributed by atoms with van der Waals surface area (Å²) >= 11 is 0. The predicted octanol–water partition coefficient (Wildman–Crippen LogP) is 2.00. The van der Waals surface area contributed by atoms with Crippen LogP contribution >= 0.6 is 0 Å². The molecule has 1 N–H and O–H groups in total. The molecule has 0 aromatic carbocycles. The Morgan fingerprint density at radius 2 is 1.57 bits per heavy atom. The molecule has 2 heteroatoms. The van der Waals surface area contributed by atoms with Gasteiger partial charge in [0.25, 0.3) is 0 Å². The van der Waals surface area contributed by atoms with Crippen molar-refractivity contribution in [3.63, 3.8) is 0 Å². The van der Waals surface area contributed by atoms with Crippen molar-refractivity contribution in [3.05, 3.63) is 0 Å². The van der Waals surface area contributed by atoms with Crippen LogP contribution in [0.15, 0.2) is 0 Å². The van der Waals surface area contributed by atoms with E-state index in [2.05, 4.69) is 24.1 Å². The zero-order valence-electron chi connectivity index (χ0n) is 9.63. The zero-order chi connectivity index (χ0) is 9.97. The standard InChI is InChI=1S/C12H24N2/c1-10(2)14(11-4-3-5-11)12-6-8-13-9-7-12/h10-13H,3-9H2,1-2H3. The van der Waals surface area contributed by atoms with Crippen LogP contribution in [0, 0.1) is 0 Å². The van der Waals surface area contributed by atoms with Gasteiger partial charge in [0.15, 0.2) is 0 Å². The summed E-state index contributed by atoms with van der Waals surface area (Å²) in [6.07, 6.45) is 7.06. The molecule has 1 saturated heterocycles. The summed E-state index contributed by atoms with van der Waals surface area (Å²) in [4.78, 5) is 2.80. The summed E-state index contributed by atoms with van der Waals surface area (Å²) in [5.74, 6) is 0. The Morgan fingerprint density at radius 3 is 2.00 bits per heavy atom. The molecule has 1 aliphatic heterocycles. The number of nitrogens with one attached hydrogen (secondary N) is 1. The Labute approximate surface area is 88.1 Å². The maximum atomic E-state index is 3.46. The minimum absolute atomic E-state index is 0.739. The molecule has 0 aromatic heterocycles. The van der Waals surface area contributed by atoms with E-state index >= 15 is 0 Å². The van der Waals surface area contributed by atoms with Gasteiger partial charge in [0, 0.05) is 18.1 Å². The smallest absolute Gasteiger partial charge is 0.0125 e. The van der Waals surface area contributed by atoms with Gasteiger partial charge in [-0.15, -0.1) is 0 Å². The van der Waals surface area contributed by atoms with E-state index in [4.69, 9.17) is 0 Å². The molecule has 0 spiro atoms. The van der Waals surface area contributed by atoms with Crippen LogP contribution in [0.25, 0.3) is 0 Å². The van der Waals surface area contributed by atoms with Crippen molar-refractivity contribution < 1.29 is 0 Å². The second-order valence-electron chi connectivity index (χ2n) is 5.11. The van der Waals surface area contributed by atoms with E-state index in [0.29, 0.717) is 0 Å². The topological polar surface area (TPSA) is 15.3 Å². The Bertz CT molecular complexity index is 169. The lowest BCUT2D eigenvalue weighted by molar-refractivity contribution is 0.0348. The Morgan fingerprint density at radius 1 is 1.00 bits per heavy atom. The maximum absolute atomic E-state index is 3.46. The average Bonchev–Trinajstić information content (AvgIpc) is 2.12. The third kappa shape index (κ3) is 2.12. The molecule has 0 unspecified atom stereocenters. The van der Waals surface area contributed by atoms with Crippen LogP contribution in [0.5, 0.6) is 0 Å². The molecule has 0 radical (unpaired) electrons. The predicted molar refractivity (Wildman–Crippen MR) is 60.5 cm³/mol. The van der Waals surface area contributed by atoms with E-state index in [1.54, 1.807) is 0 Å². The summed E-state index contributed by atoms with van der Waals surface area (Å²) in [6, 6.07) is 2.52. The Kier molecular flexibility index (Phi) is 3.45. The fourth-order valence-corrected chi connectivity index (χ4v) is 2.93. The SMILES string of the molecule is CC(C)N(C1CCC1)C1CCNCC1. The second-order valence-corrected chi connectivity index (χ2v) is 5.11. The van der Waals surface area contributed by atoms with Gasteiger partial charge >= 0.3 is 0 Å². The molecule has 2 fully saturated rings. The minimum Gasteiger partial charge on any atom is -0.317 e. The van der Waals surface area contributed by atoms with Crippen molar-refractivity contribution in [2.24, 2.45) is 0 Å². The van der Waals surface area contributed by atoms with Gasteiger partial charge in [0.05, 0.1) is 0 Å². The van der Waals surface area contributed by atoms with Crippen LogP contribution < -0.4 is 5.32 Å². The molecule has 0 amide bonds. The Balaban J connectivity index is 1.93. The first-order valence-electron chi connectivity index (χ1n) is 6.27. The highest BCUT2D eigenvalue weighted by Crippen LogP contribution is 2.30. The van der Waals surface area contributed by atoms with E-state index in [-0.39, 0.29) is 0 Å². The van der Waals surface area contributed by atoms with Crippen molar-refractivity contribution in [1.29, 1.82) is 0 Å². The number of piperidine rings is 1. The molecule has 0 atom stereocenters. The molecule has 0 aromatic rings. The van der Waals surface area contributed by atoms with Crippen LogP contribution in [0.2, 0.25) is 0 Å². The molecule has 1 heterocycles. The van der Waals surface area contributed by atoms with Gasteiger partial charge < -0.3 is 5.32 Å². The highest BCUT2D eigenvalue weighted by Gasteiger charge is 2.32. The lowest BCUT2D eigenvalue weighted by atomic mass is 9.87. The largest absolute Gasteiger partial charge is 0.317 e. The molecule has 2 rings (SSSR count). The van der Waals surface area contributed by atoms with Gasteiger partial charge in [-0.1, -0.05) is 6.42 Å². The average molecular weight is 196 g/mol. The quantitative estimate of drug-likeness (QED) is 0.743. The first-order chi connectivity index (χ1) is 6.79. The molecule has 1 saturated carbocycles. The highest BCUT2D eigenvalue weighted by molar-refractivity contribution is 4.88. The van der Waals surface area contributed by atoms with E-state index in [1.165, 1.54) is 45.2 Å². The van der Waals surface area contributed by atoms with E-state index in [9.17, 15) is 0 Å². The molecular formula is C12H24N2. The Hall–Kier alpha value is -0.0800. The number of hydrogen-bond acceptors (Lipinski definition) is 2. The van der Waals surface area contributed by atoms with Gasteiger partial charge in [-0.05, 0) is 52.6 Å². The monoisotopic (exact) mass is 196 g/mol. The molecule has 82 valence electrons. The second kappa shape index (κ2) is 4.63. The summed E-state index contributed by atoms with van der Waals surface area (Å²) in [7, 11) is 0. The number of hydrogen-bond donors (Lipinski definition) is 1. The first-order valence-corrected chi connectivity index (χ1v) is 6.27. The lowest BCUT2D eigenvalue weighted by Crippen LogP contribution is -2.53. The van der Waals surface area contributed by atoms with Crippen LogP contribution in [0.4, 0.5) is 0 Å². The third-order valence-corrected chi connectivity index (χ3v) is 3.82.